The molecule has 1 unspecified atom stereocenters. The van der Waals surface area contributed by atoms with Gasteiger partial charge in [0.1, 0.15) is 6.04 Å². The lowest BCUT2D eigenvalue weighted by Crippen LogP contribution is -2.48. The van der Waals surface area contributed by atoms with Gasteiger partial charge in [0.25, 0.3) is 0 Å². The van der Waals surface area contributed by atoms with E-state index in [-0.39, 0.29) is 12.5 Å². The quantitative estimate of drug-likeness (QED) is 0.619. The number of carbonyl (C=O) groups excluding carboxylic acids is 2. The fourth-order valence-electron chi connectivity index (χ4n) is 1.00. The number of carboxylic acids is 1. The molecule has 3 amide bonds. The largest absolute Gasteiger partial charge is 0.480 e. The number of rotatable bonds is 6. The lowest BCUT2D eigenvalue weighted by Gasteiger charge is -2.21. The van der Waals surface area contributed by atoms with Crippen LogP contribution in [0, 0.1) is 5.92 Å². The zero-order valence-corrected chi connectivity index (χ0v) is 11.2. The van der Waals surface area contributed by atoms with Gasteiger partial charge in [0, 0.05) is 13.6 Å². The molecule has 3 N–H and O–H groups in total. The molecule has 0 saturated heterocycles. The number of carbonyl (C=O) groups is 3. The Morgan fingerprint density at radius 1 is 1.17 bits per heavy atom. The molecule has 0 aromatic rings. The van der Waals surface area contributed by atoms with Gasteiger partial charge in [-0.3, -0.25) is 4.79 Å². The van der Waals surface area contributed by atoms with Gasteiger partial charge in [-0.25, -0.2) is 9.59 Å². The highest BCUT2D eigenvalue weighted by Crippen LogP contribution is 1.95. The first-order valence-electron chi connectivity index (χ1n) is 5.75. The Morgan fingerprint density at radius 2 is 1.72 bits per heavy atom. The van der Waals surface area contributed by atoms with Crippen LogP contribution in [0.1, 0.15) is 20.8 Å². The maximum atomic E-state index is 11.5. The van der Waals surface area contributed by atoms with Crippen LogP contribution < -0.4 is 10.6 Å². The number of amides is 3. The molecule has 0 aliphatic heterocycles. The lowest BCUT2D eigenvalue weighted by molar-refractivity contribution is -0.141. The number of urea groups is 1. The van der Waals surface area contributed by atoms with Crippen molar-refractivity contribution in [2.24, 2.45) is 5.92 Å². The third kappa shape index (κ3) is 6.07. The van der Waals surface area contributed by atoms with Crippen molar-refractivity contribution >= 4 is 17.9 Å². The van der Waals surface area contributed by atoms with Gasteiger partial charge >= 0.3 is 12.0 Å². The second-order valence-electron chi connectivity index (χ2n) is 4.48. The molecule has 0 bridgehead atoms. The predicted octanol–water partition coefficient (Wildman–Crippen LogP) is -0.127. The molecule has 0 heterocycles. The molecule has 104 valence electrons. The van der Waals surface area contributed by atoms with Crippen molar-refractivity contribution < 1.29 is 19.5 Å². The van der Waals surface area contributed by atoms with Crippen LogP contribution in [0.3, 0.4) is 0 Å². The molecule has 7 heteroatoms. The third-order valence-electron chi connectivity index (χ3n) is 2.37. The summed E-state index contributed by atoms with van der Waals surface area (Å²) < 4.78 is 0. The molecule has 0 aromatic heterocycles. The van der Waals surface area contributed by atoms with E-state index in [1.807, 2.05) is 13.8 Å². The summed E-state index contributed by atoms with van der Waals surface area (Å²) in [5, 5.41) is 13.7. The van der Waals surface area contributed by atoms with E-state index < -0.39 is 18.0 Å². The SMILES string of the molecule is CC(C)CNC(=O)CNC(=O)N(C)C(C)C(=O)O. The van der Waals surface area contributed by atoms with Crippen molar-refractivity contribution in [1.29, 1.82) is 0 Å². The van der Waals surface area contributed by atoms with E-state index in [1.165, 1.54) is 14.0 Å². The van der Waals surface area contributed by atoms with Crippen molar-refractivity contribution in [1.82, 2.24) is 15.5 Å². The zero-order valence-electron chi connectivity index (χ0n) is 11.2. The topological polar surface area (TPSA) is 98.7 Å². The Morgan fingerprint density at radius 3 is 2.17 bits per heavy atom. The van der Waals surface area contributed by atoms with Crippen LogP contribution in [0.5, 0.6) is 0 Å². The summed E-state index contributed by atoms with van der Waals surface area (Å²) in [5.41, 5.74) is 0. The molecular formula is C11H21N3O4. The van der Waals surface area contributed by atoms with Gasteiger partial charge < -0.3 is 20.6 Å². The maximum Gasteiger partial charge on any atom is 0.326 e. The molecule has 0 aliphatic carbocycles. The van der Waals surface area contributed by atoms with Gasteiger partial charge in [0.15, 0.2) is 0 Å². The van der Waals surface area contributed by atoms with Crippen LogP contribution in [0.25, 0.3) is 0 Å². The molecular weight excluding hydrogens is 238 g/mol. The lowest BCUT2D eigenvalue weighted by atomic mass is 10.2. The number of hydrogen-bond donors (Lipinski definition) is 3. The summed E-state index contributed by atoms with van der Waals surface area (Å²) in [4.78, 5) is 34.5. The summed E-state index contributed by atoms with van der Waals surface area (Å²) >= 11 is 0. The summed E-state index contributed by atoms with van der Waals surface area (Å²) in [6.07, 6.45) is 0. The maximum absolute atomic E-state index is 11.5. The standard InChI is InChI=1S/C11H21N3O4/c1-7(2)5-12-9(15)6-13-11(18)14(4)8(3)10(16)17/h7-8H,5-6H2,1-4H3,(H,12,15)(H,13,18)(H,16,17). The van der Waals surface area contributed by atoms with Crippen molar-refractivity contribution in [3.8, 4) is 0 Å². The summed E-state index contributed by atoms with van der Waals surface area (Å²) in [7, 11) is 1.36. The van der Waals surface area contributed by atoms with E-state index in [1.54, 1.807) is 0 Å². The summed E-state index contributed by atoms with van der Waals surface area (Å²) in [6, 6.07) is -1.53. The molecule has 0 radical (unpaired) electrons. The highest BCUT2D eigenvalue weighted by Gasteiger charge is 2.21. The van der Waals surface area contributed by atoms with E-state index in [2.05, 4.69) is 10.6 Å². The van der Waals surface area contributed by atoms with E-state index >= 15 is 0 Å². The molecule has 0 aromatic carbocycles. The Kier molecular flexibility index (Phi) is 6.77. The third-order valence-corrected chi connectivity index (χ3v) is 2.37. The van der Waals surface area contributed by atoms with Gasteiger partial charge in [-0.05, 0) is 12.8 Å². The van der Waals surface area contributed by atoms with Crippen LogP contribution in [0.2, 0.25) is 0 Å². The Balaban J connectivity index is 4.03. The minimum atomic E-state index is -1.10. The van der Waals surface area contributed by atoms with Crippen molar-refractivity contribution in [3.05, 3.63) is 0 Å². The van der Waals surface area contributed by atoms with E-state index in [0.717, 1.165) is 4.90 Å². The number of carboxylic acid groups (broad SMARTS) is 1. The average molecular weight is 259 g/mol. The van der Waals surface area contributed by atoms with Crippen LogP contribution >= 0.6 is 0 Å². The van der Waals surface area contributed by atoms with Crippen molar-refractivity contribution in [2.75, 3.05) is 20.1 Å². The number of hydrogen-bond acceptors (Lipinski definition) is 3. The molecule has 0 spiro atoms. The minimum Gasteiger partial charge on any atom is -0.480 e. The number of nitrogens with one attached hydrogen (secondary N) is 2. The minimum absolute atomic E-state index is 0.164. The monoisotopic (exact) mass is 259 g/mol. The van der Waals surface area contributed by atoms with Gasteiger partial charge in [0.05, 0.1) is 6.54 Å². The smallest absolute Gasteiger partial charge is 0.326 e. The molecule has 0 saturated carbocycles. The number of likely N-dealkylation sites (N-methyl/N-ethyl adjacent to an activating group) is 1. The molecule has 1 atom stereocenters. The first-order valence-corrected chi connectivity index (χ1v) is 5.75. The normalized spacial score (nSPS) is 11.8. The number of aliphatic carboxylic acids is 1. The van der Waals surface area contributed by atoms with Gasteiger partial charge in [0.2, 0.25) is 5.91 Å². The summed E-state index contributed by atoms with van der Waals surface area (Å²) in [6.45, 7) is 5.68. The van der Waals surface area contributed by atoms with Crippen molar-refractivity contribution in [3.63, 3.8) is 0 Å². The van der Waals surface area contributed by atoms with Crippen LogP contribution in [-0.4, -0.2) is 54.1 Å². The van der Waals surface area contributed by atoms with Gasteiger partial charge in [-0.15, -0.1) is 0 Å². The Labute approximate surface area is 107 Å². The molecule has 7 nitrogen and oxygen atoms in total. The molecule has 0 fully saturated rings. The van der Waals surface area contributed by atoms with E-state index in [9.17, 15) is 14.4 Å². The highest BCUT2D eigenvalue weighted by molar-refractivity contribution is 5.86. The molecule has 0 aliphatic rings. The van der Waals surface area contributed by atoms with Crippen LogP contribution in [-0.2, 0) is 9.59 Å². The Bertz CT molecular complexity index is 317. The van der Waals surface area contributed by atoms with Crippen LogP contribution in [0.4, 0.5) is 4.79 Å². The first kappa shape index (κ1) is 16.2. The van der Waals surface area contributed by atoms with Gasteiger partial charge in [-0.2, -0.15) is 0 Å². The zero-order chi connectivity index (χ0) is 14.3. The Hall–Kier alpha value is -1.79. The fourth-order valence-corrected chi connectivity index (χ4v) is 1.00. The fraction of sp³-hybridized carbons (Fsp3) is 0.727. The second-order valence-corrected chi connectivity index (χ2v) is 4.48. The van der Waals surface area contributed by atoms with Crippen LogP contribution in [0.15, 0.2) is 0 Å². The predicted molar refractivity (Wildman–Crippen MR) is 66.1 cm³/mol. The van der Waals surface area contributed by atoms with Gasteiger partial charge in [-0.1, -0.05) is 13.8 Å². The molecule has 0 rings (SSSR count). The average Bonchev–Trinajstić information content (AvgIpc) is 2.31. The number of nitrogens with zero attached hydrogens (tertiary/aromatic N) is 1. The second kappa shape index (κ2) is 7.52. The van der Waals surface area contributed by atoms with E-state index in [0.29, 0.717) is 12.5 Å². The van der Waals surface area contributed by atoms with Crippen molar-refractivity contribution in [2.45, 2.75) is 26.8 Å². The first-order chi connectivity index (χ1) is 8.25. The van der Waals surface area contributed by atoms with E-state index in [4.69, 9.17) is 5.11 Å². The summed E-state index contributed by atoms with van der Waals surface area (Å²) in [5.74, 6) is -1.07. The molecule has 18 heavy (non-hydrogen) atoms. The highest BCUT2D eigenvalue weighted by atomic mass is 16.4.